The lowest BCUT2D eigenvalue weighted by Crippen LogP contribution is -2.34. The van der Waals surface area contributed by atoms with Crippen LogP contribution >= 0.6 is 11.3 Å². The summed E-state index contributed by atoms with van der Waals surface area (Å²) in [5, 5.41) is 6.16. The maximum absolute atomic E-state index is 11.5. The van der Waals surface area contributed by atoms with Gasteiger partial charge in [0.05, 0.1) is 5.39 Å². The third-order valence-corrected chi connectivity index (χ3v) is 4.58. The van der Waals surface area contributed by atoms with E-state index in [1.807, 2.05) is 17.3 Å². The molecule has 0 saturated carbocycles. The molecule has 1 amide bonds. The minimum atomic E-state index is 0.149. The van der Waals surface area contributed by atoms with Crippen LogP contribution in [0.2, 0.25) is 0 Å². The molecular weight excluding hydrogens is 286 g/mol. The molecule has 0 aliphatic carbocycles. The maximum atomic E-state index is 11.5. The average Bonchev–Trinajstić information content (AvgIpc) is 2.81. The Morgan fingerprint density at radius 1 is 1.29 bits per heavy atom. The first kappa shape index (κ1) is 14.1. The summed E-state index contributed by atoms with van der Waals surface area (Å²) in [4.78, 5) is 25.8. The summed E-state index contributed by atoms with van der Waals surface area (Å²) in [6.45, 7) is 4.93. The molecule has 6 nitrogen and oxygen atoms in total. The Kier molecular flexibility index (Phi) is 3.92. The number of nitrogens with zero attached hydrogens (tertiary/aromatic N) is 4. The zero-order valence-corrected chi connectivity index (χ0v) is 13.1. The highest BCUT2D eigenvalue weighted by molar-refractivity contribution is 7.16. The van der Waals surface area contributed by atoms with Gasteiger partial charge >= 0.3 is 0 Å². The molecule has 3 heterocycles. The summed E-state index contributed by atoms with van der Waals surface area (Å²) in [7, 11) is 1.83. The summed E-state index contributed by atoms with van der Waals surface area (Å²) in [5.74, 6) is 1.76. The van der Waals surface area contributed by atoms with Crippen molar-refractivity contribution in [1.82, 2.24) is 14.9 Å². The van der Waals surface area contributed by atoms with Crippen molar-refractivity contribution >= 4 is 39.2 Å². The number of hydrogen-bond acceptors (Lipinski definition) is 6. The molecule has 0 aromatic carbocycles. The van der Waals surface area contributed by atoms with E-state index in [1.165, 1.54) is 0 Å². The third-order valence-electron chi connectivity index (χ3n) is 3.77. The second-order valence-corrected chi connectivity index (χ2v) is 6.00. The molecule has 2 aromatic rings. The number of hydrogen-bond donors (Lipinski definition) is 1. The Balaban J connectivity index is 1.92. The zero-order valence-electron chi connectivity index (χ0n) is 12.3. The molecule has 0 unspecified atom stereocenters. The molecule has 7 heteroatoms. The minimum absolute atomic E-state index is 0.149. The predicted molar refractivity (Wildman–Crippen MR) is 86.0 cm³/mol. The van der Waals surface area contributed by atoms with Gasteiger partial charge in [-0.05, 0) is 17.9 Å². The Hall–Kier alpha value is -1.89. The largest absolute Gasteiger partial charge is 0.357 e. The number of carbonyl (C=O) groups excluding carboxylic acids is 1. The van der Waals surface area contributed by atoms with Crippen LogP contribution in [0.5, 0.6) is 0 Å². The van der Waals surface area contributed by atoms with Crippen molar-refractivity contribution in [3.05, 3.63) is 11.4 Å². The second kappa shape index (κ2) is 5.85. The van der Waals surface area contributed by atoms with Crippen LogP contribution in [0.1, 0.15) is 13.3 Å². The summed E-state index contributed by atoms with van der Waals surface area (Å²) < 4.78 is 0. The number of aromatic nitrogens is 2. The van der Waals surface area contributed by atoms with E-state index in [0.29, 0.717) is 5.95 Å². The van der Waals surface area contributed by atoms with Crippen LogP contribution in [0.4, 0.5) is 11.8 Å². The monoisotopic (exact) mass is 305 g/mol. The Morgan fingerprint density at radius 2 is 2.14 bits per heavy atom. The number of fused-ring (bicyclic) bond motifs is 1. The first-order valence-electron chi connectivity index (χ1n) is 7.12. The topological polar surface area (TPSA) is 61.4 Å². The highest BCUT2D eigenvalue weighted by atomic mass is 32.1. The van der Waals surface area contributed by atoms with Gasteiger partial charge in [-0.3, -0.25) is 4.79 Å². The number of carbonyl (C=O) groups is 1. The zero-order chi connectivity index (χ0) is 14.8. The van der Waals surface area contributed by atoms with Crippen LogP contribution in [0.25, 0.3) is 10.2 Å². The molecule has 1 saturated heterocycles. The maximum Gasteiger partial charge on any atom is 0.225 e. The Labute approximate surface area is 127 Å². The fourth-order valence-electron chi connectivity index (χ4n) is 2.64. The van der Waals surface area contributed by atoms with Crippen molar-refractivity contribution in [2.45, 2.75) is 13.3 Å². The van der Waals surface area contributed by atoms with E-state index in [-0.39, 0.29) is 5.91 Å². The molecular formula is C14H19N5OS. The van der Waals surface area contributed by atoms with Gasteiger partial charge in [0.2, 0.25) is 11.9 Å². The van der Waals surface area contributed by atoms with Crippen molar-refractivity contribution in [3.63, 3.8) is 0 Å². The predicted octanol–water partition coefficient (Wildman–Crippen LogP) is 1.79. The minimum Gasteiger partial charge on any atom is -0.357 e. The molecule has 0 bridgehead atoms. The first-order chi connectivity index (χ1) is 10.2. The fourth-order valence-corrected chi connectivity index (χ4v) is 3.40. The van der Waals surface area contributed by atoms with Crippen LogP contribution in [-0.4, -0.2) is 54.0 Å². The molecule has 1 aliphatic rings. The van der Waals surface area contributed by atoms with Crippen molar-refractivity contribution in [2.24, 2.45) is 0 Å². The number of thiophene rings is 1. The fraction of sp³-hybridized carbons (Fsp3) is 0.500. The van der Waals surface area contributed by atoms with Crippen molar-refractivity contribution in [1.29, 1.82) is 0 Å². The quantitative estimate of drug-likeness (QED) is 0.916. The molecule has 21 heavy (non-hydrogen) atoms. The van der Waals surface area contributed by atoms with Crippen molar-refractivity contribution < 1.29 is 4.79 Å². The van der Waals surface area contributed by atoms with E-state index in [0.717, 1.165) is 48.6 Å². The highest BCUT2D eigenvalue weighted by Crippen LogP contribution is 2.29. The normalized spacial score (nSPS) is 16.1. The van der Waals surface area contributed by atoms with Crippen molar-refractivity contribution in [2.75, 3.05) is 43.4 Å². The number of rotatable bonds is 2. The van der Waals surface area contributed by atoms with Gasteiger partial charge in [0.25, 0.3) is 0 Å². The molecule has 0 spiro atoms. The summed E-state index contributed by atoms with van der Waals surface area (Å²) in [6, 6.07) is 2.07. The van der Waals surface area contributed by atoms with Gasteiger partial charge in [0.1, 0.15) is 10.6 Å². The lowest BCUT2D eigenvalue weighted by atomic mass is 10.3. The third kappa shape index (κ3) is 2.78. The number of anilines is 2. The summed E-state index contributed by atoms with van der Waals surface area (Å²) >= 11 is 1.62. The van der Waals surface area contributed by atoms with Crippen LogP contribution < -0.4 is 10.2 Å². The molecule has 1 aliphatic heterocycles. The molecule has 0 radical (unpaired) electrons. The lowest BCUT2D eigenvalue weighted by molar-refractivity contribution is -0.128. The molecule has 112 valence electrons. The Bertz CT molecular complexity index is 656. The van der Waals surface area contributed by atoms with E-state index in [1.54, 1.807) is 18.3 Å². The van der Waals surface area contributed by atoms with E-state index in [4.69, 9.17) is 0 Å². The molecule has 3 rings (SSSR count). The van der Waals surface area contributed by atoms with Crippen molar-refractivity contribution in [3.8, 4) is 0 Å². The number of amides is 1. The second-order valence-electron chi connectivity index (χ2n) is 5.11. The van der Waals surface area contributed by atoms with Crippen LogP contribution in [0, 0.1) is 0 Å². The van der Waals surface area contributed by atoms with Gasteiger partial charge in [-0.1, -0.05) is 0 Å². The van der Waals surface area contributed by atoms with Gasteiger partial charge in [0.15, 0.2) is 0 Å². The molecule has 1 fully saturated rings. The van der Waals surface area contributed by atoms with Gasteiger partial charge in [0, 0.05) is 40.2 Å². The highest BCUT2D eigenvalue weighted by Gasteiger charge is 2.20. The van der Waals surface area contributed by atoms with E-state index in [2.05, 4.69) is 26.3 Å². The van der Waals surface area contributed by atoms with Gasteiger partial charge in [-0.15, -0.1) is 11.3 Å². The SMILES string of the molecule is CNc1nc(N2CCCN(C(C)=O)CC2)c2ccsc2n1. The van der Waals surface area contributed by atoms with E-state index < -0.39 is 0 Å². The van der Waals surface area contributed by atoms with Crippen LogP contribution in [0.15, 0.2) is 11.4 Å². The summed E-state index contributed by atoms with van der Waals surface area (Å²) in [6.07, 6.45) is 0.962. The molecule has 1 N–H and O–H groups in total. The Morgan fingerprint density at radius 3 is 2.90 bits per heavy atom. The van der Waals surface area contributed by atoms with Crippen LogP contribution in [-0.2, 0) is 4.79 Å². The number of nitrogens with one attached hydrogen (secondary N) is 1. The van der Waals surface area contributed by atoms with E-state index >= 15 is 0 Å². The smallest absolute Gasteiger partial charge is 0.225 e. The van der Waals surface area contributed by atoms with Gasteiger partial charge < -0.3 is 15.1 Å². The molecule has 0 atom stereocenters. The van der Waals surface area contributed by atoms with Crippen LogP contribution in [0.3, 0.4) is 0 Å². The van der Waals surface area contributed by atoms with E-state index in [9.17, 15) is 4.79 Å². The average molecular weight is 305 g/mol. The lowest BCUT2D eigenvalue weighted by Gasteiger charge is -2.23. The van der Waals surface area contributed by atoms with Gasteiger partial charge in [-0.2, -0.15) is 4.98 Å². The van der Waals surface area contributed by atoms with Gasteiger partial charge in [-0.25, -0.2) is 4.98 Å². The molecule has 2 aromatic heterocycles. The summed E-state index contributed by atoms with van der Waals surface area (Å²) in [5.41, 5.74) is 0. The standard InChI is InChI=1S/C14H19N5OS/c1-10(20)18-5-3-6-19(8-7-18)12-11-4-9-21-13(11)17-14(15-2)16-12/h4,9H,3,5-8H2,1-2H3,(H,15,16,17). The first-order valence-corrected chi connectivity index (χ1v) is 8.00.